The summed E-state index contributed by atoms with van der Waals surface area (Å²) in [4.78, 5) is 25.6. The Balaban J connectivity index is 1.75. The average molecular weight is 447 g/mol. The van der Waals surface area contributed by atoms with Crippen molar-refractivity contribution in [2.24, 2.45) is 0 Å². The summed E-state index contributed by atoms with van der Waals surface area (Å²) in [6, 6.07) is 3.40. The van der Waals surface area contributed by atoms with Gasteiger partial charge in [-0.05, 0) is 39.8 Å². The lowest BCUT2D eigenvalue weighted by atomic mass is 10.1. The molecule has 1 aliphatic rings. The minimum Gasteiger partial charge on any atom is -0.337 e. The number of benzene rings is 1. The van der Waals surface area contributed by atoms with E-state index in [2.05, 4.69) is 47.7 Å². The van der Waals surface area contributed by atoms with Crippen molar-refractivity contribution in [1.82, 2.24) is 29.5 Å². The molecular formula is C21H24ClFN6O2. The van der Waals surface area contributed by atoms with Crippen LogP contribution in [0.5, 0.6) is 0 Å². The van der Waals surface area contributed by atoms with Gasteiger partial charge in [-0.3, -0.25) is 14.3 Å². The molecule has 1 aromatic carbocycles. The van der Waals surface area contributed by atoms with E-state index in [1.807, 2.05) is 0 Å². The zero-order valence-electron chi connectivity index (χ0n) is 18.1. The molecule has 0 bridgehead atoms. The van der Waals surface area contributed by atoms with Crippen LogP contribution in [0.2, 0.25) is 5.02 Å². The van der Waals surface area contributed by atoms with Gasteiger partial charge in [-0.2, -0.15) is 4.98 Å². The number of hydrogen-bond acceptors (Lipinski definition) is 6. The highest BCUT2D eigenvalue weighted by Crippen LogP contribution is 2.34. The summed E-state index contributed by atoms with van der Waals surface area (Å²) < 4.78 is 21.3. The predicted molar refractivity (Wildman–Crippen MR) is 113 cm³/mol. The zero-order valence-corrected chi connectivity index (χ0v) is 18.8. The van der Waals surface area contributed by atoms with Crippen molar-refractivity contribution in [3.8, 4) is 17.2 Å². The molecule has 164 valence electrons. The molecule has 4 rings (SSSR count). The summed E-state index contributed by atoms with van der Waals surface area (Å²) in [6.07, 6.45) is 1.56. The van der Waals surface area contributed by atoms with Crippen molar-refractivity contribution >= 4 is 17.5 Å². The van der Waals surface area contributed by atoms with E-state index in [4.69, 9.17) is 16.1 Å². The molecule has 3 heterocycles. The maximum atomic E-state index is 14.0. The van der Waals surface area contributed by atoms with Gasteiger partial charge < -0.3 is 9.42 Å². The second-order valence-corrected chi connectivity index (χ2v) is 8.58. The SMILES string of the molecule is CC(C)N(Cc1nc(-c2ncn3c2CN(C)C(=O)c2c-3ccc(F)c2Cl)no1)C(C)C. The Labute approximate surface area is 184 Å². The van der Waals surface area contributed by atoms with Crippen LogP contribution in [0.25, 0.3) is 17.2 Å². The van der Waals surface area contributed by atoms with E-state index in [1.165, 1.54) is 17.0 Å². The molecule has 0 radical (unpaired) electrons. The first-order chi connectivity index (χ1) is 14.7. The van der Waals surface area contributed by atoms with Gasteiger partial charge >= 0.3 is 0 Å². The average Bonchev–Trinajstić information content (AvgIpc) is 3.31. The Bertz CT molecular complexity index is 1130. The molecule has 1 aliphatic heterocycles. The molecule has 0 saturated carbocycles. The molecule has 0 fully saturated rings. The number of aromatic nitrogens is 4. The third-order valence-corrected chi connectivity index (χ3v) is 5.84. The lowest BCUT2D eigenvalue weighted by molar-refractivity contribution is 0.0788. The highest BCUT2D eigenvalue weighted by atomic mass is 35.5. The van der Waals surface area contributed by atoms with Gasteiger partial charge in [-0.25, -0.2) is 9.37 Å². The topological polar surface area (TPSA) is 80.3 Å². The van der Waals surface area contributed by atoms with E-state index in [1.54, 1.807) is 17.9 Å². The molecular weight excluding hydrogens is 423 g/mol. The van der Waals surface area contributed by atoms with E-state index in [9.17, 15) is 9.18 Å². The summed E-state index contributed by atoms with van der Waals surface area (Å²) in [7, 11) is 1.63. The summed E-state index contributed by atoms with van der Waals surface area (Å²) in [5, 5.41) is 3.92. The molecule has 1 amide bonds. The van der Waals surface area contributed by atoms with Crippen LogP contribution >= 0.6 is 11.6 Å². The zero-order chi connectivity index (χ0) is 22.4. The standard InChI is InChI=1S/C21H24ClFN6O2/c1-11(2)28(12(3)4)9-16-25-20(26-31-16)19-15-8-27(5)21(30)17-14(29(15)10-24-19)7-6-13(23)18(17)22/h6-7,10-12H,8-9H2,1-5H3. The normalized spacial score (nSPS) is 13.9. The lowest BCUT2D eigenvalue weighted by Gasteiger charge is -2.28. The molecule has 0 N–H and O–H groups in total. The minimum absolute atomic E-state index is 0.102. The van der Waals surface area contributed by atoms with E-state index in [0.717, 1.165) is 0 Å². The van der Waals surface area contributed by atoms with Gasteiger partial charge in [0, 0.05) is 19.1 Å². The highest BCUT2D eigenvalue weighted by molar-refractivity contribution is 6.34. The van der Waals surface area contributed by atoms with Crippen molar-refractivity contribution in [1.29, 1.82) is 0 Å². The van der Waals surface area contributed by atoms with Crippen LogP contribution in [0, 0.1) is 5.82 Å². The van der Waals surface area contributed by atoms with Crippen LogP contribution in [-0.2, 0) is 13.1 Å². The minimum atomic E-state index is -0.645. The number of fused-ring (bicyclic) bond motifs is 3. The Kier molecular flexibility index (Phi) is 5.57. The fourth-order valence-corrected chi connectivity index (χ4v) is 4.12. The van der Waals surface area contributed by atoms with Gasteiger partial charge in [0.15, 0.2) is 0 Å². The molecule has 8 nitrogen and oxygen atoms in total. The van der Waals surface area contributed by atoms with Crippen molar-refractivity contribution in [3.63, 3.8) is 0 Å². The number of rotatable bonds is 5. The Hall–Kier alpha value is -2.78. The molecule has 10 heteroatoms. The van der Waals surface area contributed by atoms with Crippen molar-refractivity contribution in [2.45, 2.75) is 52.9 Å². The Morgan fingerprint density at radius 3 is 2.65 bits per heavy atom. The Morgan fingerprint density at radius 2 is 1.97 bits per heavy atom. The van der Waals surface area contributed by atoms with Gasteiger partial charge in [0.2, 0.25) is 11.7 Å². The van der Waals surface area contributed by atoms with Crippen molar-refractivity contribution in [2.75, 3.05) is 7.05 Å². The first-order valence-electron chi connectivity index (χ1n) is 10.1. The first-order valence-corrected chi connectivity index (χ1v) is 10.5. The quantitative estimate of drug-likeness (QED) is 0.591. The Morgan fingerprint density at radius 1 is 1.26 bits per heavy atom. The molecule has 31 heavy (non-hydrogen) atoms. The summed E-state index contributed by atoms with van der Waals surface area (Å²) in [5.74, 6) is -0.183. The summed E-state index contributed by atoms with van der Waals surface area (Å²) >= 11 is 6.14. The summed E-state index contributed by atoms with van der Waals surface area (Å²) in [5.41, 5.74) is 1.76. The number of carbonyl (C=O) groups is 1. The van der Waals surface area contributed by atoms with Crippen LogP contribution in [0.1, 0.15) is 49.6 Å². The number of imidazole rings is 1. The second-order valence-electron chi connectivity index (χ2n) is 8.20. The van der Waals surface area contributed by atoms with E-state index >= 15 is 0 Å². The second kappa shape index (κ2) is 8.05. The molecule has 0 aliphatic carbocycles. The lowest BCUT2D eigenvalue weighted by Crippen LogP contribution is -2.36. The van der Waals surface area contributed by atoms with Crippen molar-refractivity contribution < 1.29 is 13.7 Å². The predicted octanol–water partition coefficient (Wildman–Crippen LogP) is 3.92. The third-order valence-electron chi connectivity index (χ3n) is 5.47. The van der Waals surface area contributed by atoms with E-state index in [0.29, 0.717) is 47.4 Å². The van der Waals surface area contributed by atoms with E-state index in [-0.39, 0.29) is 23.0 Å². The van der Waals surface area contributed by atoms with Gasteiger partial charge in [0.05, 0.1) is 35.1 Å². The molecule has 0 atom stereocenters. The third kappa shape index (κ3) is 3.72. The smallest absolute Gasteiger partial charge is 0.257 e. The van der Waals surface area contributed by atoms with E-state index < -0.39 is 5.82 Å². The number of hydrogen-bond donors (Lipinski definition) is 0. The summed E-state index contributed by atoms with van der Waals surface area (Å²) in [6.45, 7) is 9.22. The number of carbonyl (C=O) groups excluding carboxylic acids is 1. The van der Waals surface area contributed by atoms with Crippen LogP contribution in [0.15, 0.2) is 23.0 Å². The van der Waals surface area contributed by atoms with Crippen LogP contribution in [0.4, 0.5) is 4.39 Å². The molecule has 0 unspecified atom stereocenters. The van der Waals surface area contributed by atoms with Crippen LogP contribution in [0.3, 0.4) is 0 Å². The number of amides is 1. The largest absolute Gasteiger partial charge is 0.337 e. The number of nitrogens with zero attached hydrogens (tertiary/aromatic N) is 6. The fraction of sp³-hybridized carbons (Fsp3) is 0.429. The molecule has 3 aromatic rings. The van der Waals surface area contributed by atoms with Crippen molar-refractivity contribution in [3.05, 3.63) is 46.4 Å². The molecule has 2 aromatic heterocycles. The monoisotopic (exact) mass is 446 g/mol. The maximum absolute atomic E-state index is 14.0. The number of halogens is 2. The first kappa shape index (κ1) is 21.5. The van der Waals surface area contributed by atoms with Crippen LogP contribution in [-0.4, -0.2) is 54.5 Å². The maximum Gasteiger partial charge on any atom is 0.257 e. The van der Waals surface area contributed by atoms with Gasteiger partial charge in [0.1, 0.15) is 17.8 Å². The molecule has 0 saturated heterocycles. The highest BCUT2D eigenvalue weighted by Gasteiger charge is 2.31. The molecule has 0 spiro atoms. The van der Waals surface area contributed by atoms with Crippen LogP contribution < -0.4 is 0 Å². The van der Waals surface area contributed by atoms with Gasteiger partial charge in [-0.1, -0.05) is 16.8 Å². The fourth-order valence-electron chi connectivity index (χ4n) is 3.88. The van der Waals surface area contributed by atoms with Gasteiger partial charge in [-0.15, -0.1) is 0 Å². The van der Waals surface area contributed by atoms with Gasteiger partial charge in [0.25, 0.3) is 5.91 Å².